The van der Waals surface area contributed by atoms with Gasteiger partial charge in [-0.25, -0.2) is 4.98 Å². The molecule has 1 aromatic heterocycles. The number of aromatic nitrogens is 1. The Hall–Kier alpha value is -0.550. The summed E-state index contributed by atoms with van der Waals surface area (Å²) in [5.41, 5.74) is 0.492. The van der Waals surface area contributed by atoms with Crippen LogP contribution < -0.4 is 0 Å². The summed E-state index contributed by atoms with van der Waals surface area (Å²) in [4.78, 5) is 18.0. The predicted molar refractivity (Wildman–Crippen MR) is 76.5 cm³/mol. The molecule has 1 heterocycles. The van der Waals surface area contributed by atoms with Crippen LogP contribution in [0.5, 0.6) is 0 Å². The Morgan fingerprint density at radius 1 is 1.59 bits per heavy atom. The zero-order valence-electron chi connectivity index (χ0n) is 10.3. The number of hydrogen-bond acceptors (Lipinski definition) is 3. The van der Waals surface area contributed by atoms with Gasteiger partial charge in [-0.3, -0.25) is 4.79 Å². The Kier molecular flexibility index (Phi) is 5.98. The van der Waals surface area contributed by atoms with Crippen LogP contribution in [-0.4, -0.2) is 40.9 Å². The maximum absolute atomic E-state index is 12.1. The van der Waals surface area contributed by atoms with Crippen LogP contribution in [0.2, 0.25) is 0 Å². The molecular formula is C12H17BrN2OS. The zero-order chi connectivity index (χ0) is 12.8. The van der Waals surface area contributed by atoms with Crippen LogP contribution in [0.25, 0.3) is 0 Å². The van der Waals surface area contributed by atoms with E-state index in [-0.39, 0.29) is 11.9 Å². The van der Waals surface area contributed by atoms with Crippen molar-refractivity contribution in [2.24, 2.45) is 0 Å². The van der Waals surface area contributed by atoms with Crippen molar-refractivity contribution in [3.05, 3.63) is 28.5 Å². The molecule has 0 aliphatic carbocycles. The summed E-state index contributed by atoms with van der Waals surface area (Å²) in [6, 6.07) is 3.81. The van der Waals surface area contributed by atoms with Crippen molar-refractivity contribution in [2.75, 3.05) is 19.1 Å². The highest BCUT2D eigenvalue weighted by Crippen LogP contribution is 2.12. The van der Waals surface area contributed by atoms with Crippen LogP contribution in [0.3, 0.4) is 0 Å². The van der Waals surface area contributed by atoms with E-state index >= 15 is 0 Å². The molecule has 0 aliphatic heterocycles. The van der Waals surface area contributed by atoms with Gasteiger partial charge < -0.3 is 4.90 Å². The van der Waals surface area contributed by atoms with Crippen molar-refractivity contribution >= 4 is 33.6 Å². The van der Waals surface area contributed by atoms with Crippen molar-refractivity contribution in [1.29, 1.82) is 0 Å². The van der Waals surface area contributed by atoms with Crippen molar-refractivity contribution in [2.45, 2.75) is 19.4 Å². The van der Waals surface area contributed by atoms with Crippen LogP contribution in [0.15, 0.2) is 22.8 Å². The minimum Gasteiger partial charge on any atom is -0.338 e. The molecule has 1 atom stereocenters. The molecule has 0 saturated heterocycles. The molecule has 0 N–H and O–H groups in total. The molecule has 1 unspecified atom stereocenters. The summed E-state index contributed by atoms with van der Waals surface area (Å²) in [6.07, 6.45) is 4.72. The molecule has 3 nitrogen and oxygen atoms in total. The summed E-state index contributed by atoms with van der Waals surface area (Å²) in [5, 5.41) is 0. The average molecular weight is 317 g/mol. The fourth-order valence-corrected chi connectivity index (χ4v) is 2.18. The van der Waals surface area contributed by atoms with E-state index in [4.69, 9.17) is 0 Å². The molecule has 1 amide bonds. The summed E-state index contributed by atoms with van der Waals surface area (Å²) < 4.78 is 0.882. The summed E-state index contributed by atoms with van der Waals surface area (Å²) in [5.74, 6) is 1.04. The number of hydrogen-bond donors (Lipinski definition) is 0. The number of rotatable bonds is 5. The number of halogens is 1. The number of thioether (sulfide) groups is 1. The average Bonchev–Trinajstić information content (AvgIpc) is 2.35. The molecule has 0 aliphatic rings. The monoisotopic (exact) mass is 316 g/mol. The first-order valence-electron chi connectivity index (χ1n) is 5.44. The third-order valence-electron chi connectivity index (χ3n) is 2.67. The van der Waals surface area contributed by atoms with Crippen LogP contribution >= 0.6 is 27.7 Å². The first kappa shape index (κ1) is 14.5. The first-order chi connectivity index (χ1) is 8.06. The smallest absolute Gasteiger partial charge is 0.272 e. The van der Waals surface area contributed by atoms with Gasteiger partial charge in [0, 0.05) is 23.8 Å². The lowest BCUT2D eigenvalue weighted by atomic mass is 10.2. The fourth-order valence-electron chi connectivity index (χ4n) is 1.37. The number of amides is 1. The van der Waals surface area contributed by atoms with E-state index in [1.165, 1.54) is 0 Å². The van der Waals surface area contributed by atoms with Crippen LogP contribution in [0, 0.1) is 0 Å². The Morgan fingerprint density at radius 2 is 2.29 bits per heavy atom. The van der Waals surface area contributed by atoms with Gasteiger partial charge in [0.05, 0.1) is 0 Å². The topological polar surface area (TPSA) is 33.2 Å². The second-order valence-electron chi connectivity index (χ2n) is 3.91. The number of nitrogens with zero attached hydrogens (tertiary/aromatic N) is 2. The maximum atomic E-state index is 12.1. The highest BCUT2D eigenvalue weighted by molar-refractivity contribution is 9.10. The number of carbonyl (C=O) groups is 1. The molecule has 5 heteroatoms. The van der Waals surface area contributed by atoms with Crippen molar-refractivity contribution < 1.29 is 4.79 Å². The van der Waals surface area contributed by atoms with Crippen molar-refractivity contribution in [3.63, 3.8) is 0 Å². The largest absolute Gasteiger partial charge is 0.338 e. The Labute approximate surface area is 115 Å². The van der Waals surface area contributed by atoms with Crippen LogP contribution in [0.4, 0.5) is 0 Å². The van der Waals surface area contributed by atoms with Crippen molar-refractivity contribution in [3.8, 4) is 0 Å². The van der Waals surface area contributed by atoms with E-state index in [1.807, 2.05) is 13.1 Å². The Balaban J connectivity index is 2.65. The van der Waals surface area contributed by atoms with E-state index in [1.54, 1.807) is 28.9 Å². The van der Waals surface area contributed by atoms with E-state index in [0.717, 1.165) is 16.6 Å². The van der Waals surface area contributed by atoms with E-state index < -0.39 is 0 Å². The van der Waals surface area contributed by atoms with Gasteiger partial charge in [-0.15, -0.1) is 0 Å². The summed E-state index contributed by atoms with van der Waals surface area (Å²) >= 11 is 5.10. The van der Waals surface area contributed by atoms with E-state index in [2.05, 4.69) is 34.1 Å². The van der Waals surface area contributed by atoms with E-state index in [9.17, 15) is 4.79 Å². The molecule has 17 heavy (non-hydrogen) atoms. The molecule has 0 aromatic carbocycles. The lowest BCUT2D eigenvalue weighted by molar-refractivity contribution is 0.0735. The highest BCUT2D eigenvalue weighted by atomic mass is 79.9. The third-order valence-corrected chi connectivity index (χ3v) is 3.78. The minimum absolute atomic E-state index is 0.0221. The second-order valence-corrected chi connectivity index (χ2v) is 5.81. The first-order valence-corrected chi connectivity index (χ1v) is 7.62. The molecule has 1 aromatic rings. The molecule has 0 bridgehead atoms. The number of pyridine rings is 1. The van der Waals surface area contributed by atoms with Gasteiger partial charge >= 0.3 is 0 Å². The molecule has 94 valence electrons. The van der Waals surface area contributed by atoms with Gasteiger partial charge in [0.25, 0.3) is 5.91 Å². The van der Waals surface area contributed by atoms with Gasteiger partial charge in [0.2, 0.25) is 0 Å². The predicted octanol–water partition coefficient (Wildman–Crippen LogP) is 3.06. The van der Waals surface area contributed by atoms with Crippen molar-refractivity contribution in [1.82, 2.24) is 9.88 Å². The van der Waals surface area contributed by atoms with Gasteiger partial charge in [-0.2, -0.15) is 11.8 Å². The lowest BCUT2D eigenvalue weighted by Gasteiger charge is -2.24. The summed E-state index contributed by atoms with van der Waals surface area (Å²) in [7, 11) is 1.83. The van der Waals surface area contributed by atoms with Gasteiger partial charge in [-0.1, -0.05) is 0 Å². The zero-order valence-corrected chi connectivity index (χ0v) is 12.7. The second kappa shape index (κ2) is 7.01. The SMILES string of the molecule is CSCCC(C)N(C)C(=O)c1ccc(Br)cn1. The molecular weight excluding hydrogens is 300 g/mol. The summed E-state index contributed by atoms with van der Waals surface area (Å²) in [6.45, 7) is 2.06. The standard InChI is InChI=1S/C12H17BrN2OS/c1-9(6-7-17-3)15(2)12(16)11-5-4-10(13)8-14-11/h4-5,8-9H,6-7H2,1-3H3. The Morgan fingerprint density at radius 3 is 2.82 bits per heavy atom. The minimum atomic E-state index is -0.0221. The van der Waals surface area contributed by atoms with Crippen LogP contribution in [0.1, 0.15) is 23.8 Å². The maximum Gasteiger partial charge on any atom is 0.272 e. The van der Waals surface area contributed by atoms with Gasteiger partial charge in [-0.05, 0) is 53.4 Å². The third kappa shape index (κ3) is 4.32. The van der Waals surface area contributed by atoms with E-state index in [0.29, 0.717) is 5.69 Å². The molecule has 0 fully saturated rings. The number of carbonyl (C=O) groups excluding carboxylic acids is 1. The normalized spacial score (nSPS) is 12.2. The molecule has 0 radical (unpaired) electrons. The molecule has 1 rings (SSSR count). The van der Waals surface area contributed by atoms with Gasteiger partial charge in [0.15, 0.2) is 0 Å². The molecule has 0 saturated carbocycles. The lowest BCUT2D eigenvalue weighted by Crippen LogP contribution is -2.35. The fraction of sp³-hybridized carbons (Fsp3) is 0.500. The van der Waals surface area contributed by atoms with Crippen LogP contribution in [-0.2, 0) is 0 Å². The molecule has 0 spiro atoms. The quantitative estimate of drug-likeness (QED) is 0.837. The highest BCUT2D eigenvalue weighted by Gasteiger charge is 2.17. The van der Waals surface area contributed by atoms with Gasteiger partial charge in [0.1, 0.15) is 5.69 Å². The Bertz CT molecular complexity index is 369.